The van der Waals surface area contributed by atoms with Crippen LogP contribution in [0.1, 0.15) is 5.56 Å². The molecule has 18 heavy (non-hydrogen) atoms. The number of hydrogen-bond acceptors (Lipinski definition) is 5. The van der Waals surface area contributed by atoms with Crippen LogP contribution in [0.2, 0.25) is 5.28 Å². The van der Waals surface area contributed by atoms with Gasteiger partial charge in [-0.05, 0) is 35.7 Å². The lowest BCUT2D eigenvalue weighted by Crippen LogP contribution is -2.09. The van der Waals surface area contributed by atoms with Gasteiger partial charge in [0.25, 0.3) is 0 Å². The zero-order valence-electron chi connectivity index (χ0n) is 9.60. The molecule has 0 aliphatic heterocycles. The number of benzene rings is 1. The van der Waals surface area contributed by atoms with E-state index in [0.29, 0.717) is 18.1 Å². The third-order valence-electron chi connectivity index (χ3n) is 2.43. The topological polar surface area (TPSA) is 84.1 Å². The van der Waals surface area contributed by atoms with Gasteiger partial charge in [-0.15, -0.1) is 0 Å². The fourth-order valence-electron chi connectivity index (χ4n) is 1.50. The fourth-order valence-corrected chi connectivity index (χ4v) is 1.63. The average Bonchev–Trinajstić information content (AvgIpc) is 2.36. The van der Waals surface area contributed by atoms with Crippen molar-refractivity contribution in [3.63, 3.8) is 0 Å². The first-order chi connectivity index (χ1) is 8.65. The van der Waals surface area contributed by atoms with E-state index in [1.54, 1.807) is 12.1 Å². The molecule has 0 saturated heterocycles. The summed E-state index contributed by atoms with van der Waals surface area (Å²) in [6.45, 7) is 0.669. The lowest BCUT2D eigenvalue weighted by atomic mass is 10.1. The lowest BCUT2D eigenvalue weighted by Gasteiger charge is -2.08. The average molecular weight is 265 g/mol. The van der Waals surface area contributed by atoms with Crippen LogP contribution in [-0.4, -0.2) is 21.6 Å². The van der Waals surface area contributed by atoms with E-state index in [0.717, 1.165) is 12.0 Å². The van der Waals surface area contributed by atoms with E-state index in [2.05, 4.69) is 15.3 Å². The molecule has 1 aromatic carbocycles. The Bertz CT molecular complexity index is 530. The summed E-state index contributed by atoms with van der Waals surface area (Å²) >= 11 is 5.68. The van der Waals surface area contributed by atoms with Gasteiger partial charge in [0.15, 0.2) is 5.82 Å². The Hall–Kier alpha value is -2.01. The van der Waals surface area contributed by atoms with Crippen molar-refractivity contribution in [2.24, 2.45) is 0 Å². The molecule has 0 bridgehead atoms. The van der Waals surface area contributed by atoms with Crippen molar-refractivity contribution in [1.82, 2.24) is 9.97 Å². The van der Waals surface area contributed by atoms with Crippen LogP contribution in [0.5, 0.6) is 5.75 Å². The molecule has 0 aliphatic rings. The van der Waals surface area contributed by atoms with Gasteiger partial charge < -0.3 is 16.2 Å². The Morgan fingerprint density at radius 2 is 2.00 bits per heavy atom. The molecule has 1 aromatic heterocycles. The Morgan fingerprint density at radius 3 is 2.72 bits per heavy atom. The molecule has 0 saturated carbocycles. The number of aromatic nitrogens is 2. The molecule has 0 atom stereocenters. The second-order valence-corrected chi connectivity index (χ2v) is 4.12. The highest BCUT2D eigenvalue weighted by atomic mass is 35.5. The minimum atomic E-state index is 0.163. The van der Waals surface area contributed by atoms with E-state index in [1.165, 1.54) is 6.20 Å². The molecule has 2 aromatic rings. The highest BCUT2D eigenvalue weighted by molar-refractivity contribution is 6.28. The molecule has 2 rings (SSSR count). The van der Waals surface area contributed by atoms with Crippen molar-refractivity contribution >= 4 is 23.1 Å². The highest BCUT2D eigenvalue weighted by Gasteiger charge is 2.02. The third-order valence-corrected chi connectivity index (χ3v) is 2.61. The number of rotatable bonds is 4. The SMILES string of the molecule is Nc1cnc(Cl)nc1NCCc1ccc(O)cc1. The maximum Gasteiger partial charge on any atom is 0.224 e. The van der Waals surface area contributed by atoms with Crippen LogP contribution in [0, 0.1) is 0 Å². The molecule has 4 N–H and O–H groups in total. The predicted molar refractivity (Wildman–Crippen MR) is 71.8 cm³/mol. The number of nitrogens with one attached hydrogen (secondary N) is 1. The normalized spacial score (nSPS) is 10.3. The Labute approximate surface area is 110 Å². The van der Waals surface area contributed by atoms with Crippen LogP contribution in [0.15, 0.2) is 30.5 Å². The van der Waals surface area contributed by atoms with E-state index < -0.39 is 0 Å². The summed E-state index contributed by atoms with van der Waals surface area (Å²) < 4.78 is 0. The standard InChI is InChI=1S/C12H13ClN4O/c13-12-16-7-10(14)11(17-12)15-6-5-8-1-3-9(18)4-2-8/h1-4,7,18H,5-6,14H2,(H,15,16,17). The van der Waals surface area contributed by atoms with Gasteiger partial charge in [-0.1, -0.05) is 12.1 Å². The van der Waals surface area contributed by atoms with Gasteiger partial charge in [-0.2, -0.15) is 4.98 Å². The number of aromatic hydroxyl groups is 1. The number of phenols is 1. The fraction of sp³-hybridized carbons (Fsp3) is 0.167. The van der Waals surface area contributed by atoms with Crippen LogP contribution in [0.25, 0.3) is 0 Å². The molecule has 0 spiro atoms. The van der Waals surface area contributed by atoms with Crippen molar-refractivity contribution in [3.05, 3.63) is 41.3 Å². The van der Waals surface area contributed by atoms with Gasteiger partial charge in [0.2, 0.25) is 5.28 Å². The van der Waals surface area contributed by atoms with Gasteiger partial charge in [0, 0.05) is 6.54 Å². The van der Waals surface area contributed by atoms with E-state index >= 15 is 0 Å². The summed E-state index contributed by atoms with van der Waals surface area (Å²) in [7, 11) is 0. The highest BCUT2D eigenvalue weighted by Crippen LogP contribution is 2.16. The summed E-state index contributed by atoms with van der Waals surface area (Å²) in [6, 6.07) is 7.05. The Balaban J connectivity index is 1.92. The number of nitrogens with zero attached hydrogens (tertiary/aromatic N) is 2. The number of hydrogen-bond donors (Lipinski definition) is 3. The molecule has 0 aliphatic carbocycles. The first-order valence-electron chi connectivity index (χ1n) is 5.45. The zero-order chi connectivity index (χ0) is 13.0. The van der Waals surface area contributed by atoms with Crippen LogP contribution in [0.4, 0.5) is 11.5 Å². The minimum absolute atomic E-state index is 0.163. The molecule has 0 amide bonds. The molecular formula is C12H13ClN4O. The van der Waals surface area contributed by atoms with E-state index in [4.69, 9.17) is 22.4 Å². The van der Waals surface area contributed by atoms with Crippen LogP contribution < -0.4 is 11.1 Å². The van der Waals surface area contributed by atoms with Gasteiger partial charge in [-0.3, -0.25) is 0 Å². The summed E-state index contributed by atoms with van der Waals surface area (Å²) in [5.74, 6) is 0.798. The molecule has 0 fully saturated rings. The van der Waals surface area contributed by atoms with Crippen LogP contribution >= 0.6 is 11.6 Å². The summed E-state index contributed by atoms with van der Waals surface area (Å²) in [4.78, 5) is 7.77. The van der Waals surface area contributed by atoms with E-state index in [1.807, 2.05) is 12.1 Å². The second kappa shape index (κ2) is 5.55. The maximum atomic E-state index is 9.16. The predicted octanol–water partition coefficient (Wildman–Crippen LogP) is 2.07. The van der Waals surface area contributed by atoms with E-state index in [9.17, 15) is 0 Å². The molecule has 1 heterocycles. The molecule has 94 valence electrons. The molecule has 5 nitrogen and oxygen atoms in total. The van der Waals surface area contributed by atoms with Crippen molar-refractivity contribution < 1.29 is 5.11 Å². The third kappa shape index (κ3) is 3.24. The molecular weight excluding hydrogens is 252 g/mol. The summed E-state index contributed by atoms with van der Waals surface area (Å²) in [5.41, 5.74) is 7.28. The quantitative estimate of drug-likeness (QED) is 0.736. The van der Waals surface area contributed by atoms with E-state index in [-0.39, 0.29) is 11.0 Å². The van der Waals surface area contributed by atoms with Gasteiger partial charge >= 0.3 is 0 Å². The Kier molecular flexibility index (Phi) is 3.84. The first kappa shape index (κ1) is 12.4. The largest absolute Gasteiger partial charge is 0.508 e. The number of nitrogen functional groups attached to an aromatic ring is 1. The minimum Gasteiger partial charge on any atom is -0.508 e. The maximum absolute atomic E-state index is 9.16. The summed E-state index contributed by atoms with van der Waals surface area (Å²) in [6.07, 6.45) is 2.26. The van der Waals surface area contributed by atoms with Gasteiger partial charge in [0.1, 0.15) is 5.75 Å². The summed E-state index contributed by atoms with van der Waals surface area (Å²) in [5, 5.41) is 12.4. The number of phenolic OH excluding ortho intramolecular Hbond substituents is 1. The number of nitrogens with two attached hydrogens (primary N) is 1. The van der Waals surface area contributed by atoms with Gasteiger partial charge in [-0.25, -0.2) is 4.98 Å². The molecule has 0 radical (unpaired) electrons. The zero-order valence-corrected chi connectivity index (χ0v) is 10.4. The van der Waals surface area contributed by atoms with Crippen molar-refractivity contribution in [1.29, 1.82) is 0 Å². The second-order valence-electron chi connectivity index (χ2n) is 3.79. The van der Waals surface area contributed by atoms with Crippen molar-refractivity contribution in [2.45, 2.75) is 6.42 Å². The number of halogens is 1. The monoisotopic (exact) mass is 264 g/mol. The van der Waals surface area contributed by atoms with Crippen molar-refractivity contribution in [2.75, 3.05) is 17.6 Å². The number of anilines is 2. The van der Waals surface area contributed by atoms with Gasteiger partial charge in [0.05, 0.1) is 11.9 Å². The Morgan fingerprint density at radius 1 is 1.28 bits per heavy atom. The van der Waals surface area contributed by atoms with Crippen LogP contribution in [-0.2, 0) is 6.42 Å². The first-order valence-corrected chi connectivity index (χ1v) is 5.83. The molecule has 6 heteroatoms. The van der Waals surface area contributed by atoms with Crippen molar-refractivity contribution in [3.8, 4) is 5.75 Å². The smallest absolute Gasteiger partial charge is 0.224 e. The lowest BCUT2D eigenvalue weighted by molar-refractivity contribution is 0.475. The van der Waals surface area contributed by atoms with Crippen LogP contribution in [0.3, 0.4) is 0 Å². The molecule has 0 unspecified atom stereocenters.